The zero-order valence-corrected chi connectivity index (χ0v) is 17.8. The van der Waals surface area contributed by atoms with Crippen LogP contribution in [-0.4, -0.2) is 16.7 Å². The molecule has 0 aliphatic rings. The van der Waals surface area contributed by atoms with Crippen molar-refractivity contribution in [1.29, 1.82) is 0 Å². The lowest BCUT2D eigenvalue weighted by molar-refractivity contribution is 0.0801. The first-order valence-electron chi connectivity index (χ1n) is 8.78. The van der Waals surface area contributed by atoms with Gasteiger partial charge in [0.1, 0.15) is 0 Å². The van der Waals surface area contributed by atoms with Gasteiger partial charge in [0.2, 0.25) is 0 Å². The Hall–Kier alpha value is -0.600. The fourth-order valence-corrected chi connectivity index (χ4v) is 2.13. The molecule has 0 rings (SSSR count). The van der Waals surface area contributed by atoms with Gasteiger partial charge in [-0.2, -0.15) is 0 Å². The highest BCUT2D eigenvalue weighted by Gasteiger charge is 2.11. The van der Waals surface area contributed by atoms with Crippen molar-refractivity contribution in [2.75, 3.05) is 0 Å². The minimum atomic E-state index is -0.130. The molecular weight excluding hydrogens is 284 g/mol. The molecule has 0 amide bonds. The average Bonchev–Trinajstić information content (AvgIpc) is 2.25. The Bertz CT molecular complexity index is 274. The minimum absolute atomic E-state index is 0. The lowest BCUT2D eigenvalue weighted by Gasteiger charge is -2.17. The second-order valence-electron chi connectivity index (χ2n) is 8.02. The molecule has 0 saturated heterocycles. The molecule has 0 aromatic heterocycles. The normalized spacial score (nSPS) is 9.96. The molecule has 0 saturated carbocycles. The quantitative estimate of drug-likeness (QED) is 0.613. The van der Waals surface area contributed by atoms with Crippen molar-refractivity contribution in [3.05, 3.63) is 23.8 Å². The molecule has 0 aromatic rings. The fraction of sp³-hybridized carbons (Fsp3) is 0.810. The monoisotopic (exact) mass is 330 g/mol. The molecule has 0 atom stereocenters. The predicted molar refractivity (Wildman–Crippen MR) is 108 cm³/mol. The number of aliphatic hydroxyl groups excluding tert-OH is 1. The van der Waals surface area contributed by atoms with Crippen molar-refractivity contribution in [3.8, 4) is 0 Å². The number of allylic oxidation sites excluding steroid dienone is 3. The first-order valence-corrected chi connectivity index (χ1v) is 8.78. The lowest BCUT2D eigenvalue weighted by atomic mass is 9.97. The second-order valence-corrected chi connectivity index (χ2v) is 8.02. The number of rotatable bonds is 5. The third-order valence-corrected chi connectivity index (χ3v) is 2.79. The Balaban J connectivity index is -0.000000116. The maximum absolute atomic E-state index is 9.20. The number of hydrogen-bond donors (Lipinski definition) is 1. The summed E-state index contributed by atoms with van der Waals surface area (Å²) in [6, 6.07) is 0. The summed E-state index contributed by atoms with van der Waals surface area (Å²) in [5.74, 6) is 2.28. The van der Waals surface area contributed by atoms with E-state index < -0.39 is 0 Å². The molecule has 0 spiro atoms. The van der Waals surface area contributed by atoms with Gasteiger partial charge < -0.3 is 10.6 Å². The van der Waals surface area contributed by atoms with E-state index >= 15 is 0 Å². The maximum Gasteiger partial charge on any atom is 0.0586 e. The van der Waals surface area contributed by atoms with Crippen molar-refractivity contribution in [2.45, 2.75) is 88.7 Å². The Morgan fingerprint density at radius 1 is 0.870 bits per heavy atom. The Morgan fingerprint density at radius 2 is 1.22 bits per heavy atom. The topological polar surface area (TPSA) is 51.7 Å². The molecule has 0 unspecified atom stereocenters. The van der Waals surface area contributed by atoms with Crippen LogP contribution in [0.15, 0.2) is 23.8 Å². The summed E-state index contributed by atoms with van der Waals surface area (Å²) in [4.78, 5) is 0. The predicted octanol–water partition coefficient (Wildman–Crippen LogP) is 6.05. The first-order chi connectivity index (χ1) is 9.81. The van der Waals surface area contributed by atoms with Gasteiger partial charge in [0.05, 0.1) is 6.10 Å². The Kier molecular flexibility index (Phi) is 23.4. The van der Waals surface area contributed by atoms with Gasteiger partial charge in [-0.25, -0.2) is 0 Å². The average molecular weight is 331 g/mol. The molecule has 0 aliphatic heterocycles. The molecule has 0 heterocycles. The summed E-state index contributed by atoms with van der Waals surface area (Å²) in [6.07, 6.45) is 3.29. The molecule has 0 aromatic carbocycles. The first kappa shape index (κ1) is 30.3. The van der Waals surface area contributed by atoms with Gasteiger partial charge in [-0.15, -0.1) is 6.58 Å². The van der Waals surface area contributed by atoms with E-state index in [1.54, 1.807) is 0 Å². The van der Waals surface area contributed by atoms with E-state index in [1.807, 2.05) is 27.7 Å². The van der Waals surface area contributed by atoms with Crippen LogP contribution < -0.4 is 0 Å². The van der Waals surface area contributed by atoms with E-state index in [0.29, 0.717) is 17.8 Å². The maximum atomic E-state index is 9.20. The number of aliphatic hydroxyl groups is 1. The van der Waals surface area contributed by atoms with E-state index in [-0.39, 0.29) is 11.6 Å². The van der Waals surface area contributed by atoms with Gasteiger partial charge in [-0.05, 0) is 50.9 Å². The highest BCUT2D eigenvalue weighted by Crippen LogP contribution is 2.10. The van der Waals surface area contributed by atoms with Crippen molar-refractivity contribution in [1.82, 2.24) is 0 Å². The van der Waals surface area contributed by atoms with E-state index in [2.05, 4.69) is 61.1 Å². The summed E-state index contributed by atoms with van der Waals surface area (Å²) in [7, 11) is 0. The van der Waals surface area contributed by atoms with Gasteiger partial charge in [0, 0.05) is 0 Å². The lowest BCUT2D eigenvalue weighted by Crippen LogP contribution is -2.20. The molecule has 0 bridgehead atoms. The van der Waals surface area contributed by atoms with Gasteiger partial charge in [0.25, 0.3) is 0 Å². The summed E-state index contributed by atoms with van der Waals surface area (Å²) in [6.45, 7) is 27.0. The number of hydrogen-bond acceptors (Lipinski definition) is 1. The van der Waals surface area contributed by atoms with Crippen molar-refractivity contribution < 1.29 is 10.6 Å². The largest absolute Gasteiger partial charge is 0.412 e. The van der Waals surface area contributed by atoms with Crippen LogP contribution in [0, 0.1) is 23.7 Å². The van der Waals surface area contributed by atoms with Gasteiger partial charge in [0.15, 0.2) is 0 Å². The molecule has 2 nitrogen and oxygen atoms in total. The summed E-state index contributed by atoms with van der Waals surface area (Å²) < 4.78 is 0. The fourth-order valence-electron chi connectivity index (χ4n) is 2.13. The zero-order chi connectivity index (χ0) is 18.5. The molecular formula is C21H46O2. The molecule has 23 heavy (non-hydrogen) atoms. The molecule has 0 radical (unpaired) electrons. The molecule has 142 valence electrons. The van der Waals surface area contributed by atoms with E-state index in [1.165, 1.54) is 17.6 Å². The third kappa shape index (κ3) is 34.0. The summed E-state index contributed by atoms with van der Waals surface area (Å²) >= 11 is 0. The van der Waals surface area contributed by atoms with Crippen LogP contribution >= 0.6 is 0 Å². The Morgan fingerprint density at radius 3 is 1.22 bits per heavy atom. The van der Waals surface area contributed by atoms with Crippen LogP contribution in [-0.2, 0) is 0 Å². The second kappa shape index (κ2) is 17.7. The van der Waals surface area contributed by atoms with Gasteiger partial charge >= 0.3 is 0 Å². The third-order valence-electron chi connectivity index (χ3n) is 2.79. The highest BCUT2D eigenvalue weighted by atomic mass is 16.3. The standard InChI is InChI=1S/C7H16O.2C7H14.H2O/c1-5(2)7(8)6(3)4;2*1-6(2)5-7(3)4;/h5-8H,1-4H3;5-6H,1-4H3;7H,1,5H2,2-4H3;1H2. The van der Waals surface area contributed by atoms with E-state index in [4.69, 9.17) is 0 Å². The minimum Gasteiger partial charge on any atom is -0.412 e. The molecule has 2 heteroatoms. The van der Waals surface area contributed by atoms with Crippen molar-refractivity contribution in [2.24, 2.45) is 23.7 Å². The van der Waals surface area contributed by atoms with Crippen LogP contribution in [0.4, 0.5) is 0 Å². The summed E-state index contributed by atoms with van der Waals surface area (Å²) in [5.41, 5.74) is 2.70. The van der Waals surface area contributed by atoms with Gasteiger partial charge in [-0.1, -0.05) is 72.6 Å². The van der Waals surface area contributed by atoms with Crippen molar-refractivity contribution >= 4 is 0 Å². The SMILES string of the molecule is C=C(C)CC(C)C.CC(C)=CC(C)C.CC(C)C(O)C(C)C.O. The molecule has 0 fully saturated rings. The van der Waals surface area contributed by atoms with Crippen LogP contribution in [0.2, 0.25) is 0 Å². The van der Waals surface area contributed by atoms with E-state index in [9.17, 15) is 5.11 Å². The molecule has 3 N–H and O–H groups in total. The highest BCUT2D eigenvalue weighted by molar-refractivity contribution is 4.94. The van der Waals surface area contributed by atoms with Crippen LogP contribution in [0.1, 0.15) is 82.6 Å². The smallest absolute Gasteiger partial charge is 0.0586 e. The summed E-state index contributed by atoms with van der Waals surface area (Å²) in [5, 5.41) is 9.20. The van der Waals surface area contributed by atoms with Crippen LogP contribution in [0.5, 0.6) is 0 Å². The zero-order valence-electron chi connectivity index (χ0n) is 17.8. The van der Waals surface area contributed by atoms with Crippen LogP contribution in [0.3, 0.4) is 0 Å². The Labute approximate surface area is 147 Å². The van der Waals surface area contributed by atoms with Crippen molar-refractivity contribution in [3.63, 3.8) is 0 Å². The molecule has 0 aliphatic carbocycles. The van der Waals surface area contributed by atoms with E-state index in [0.717, 1.165) is 5.92 Å². The van der Waals surface area contributed by atoms with Crippen LogP contribution in [0.25, 0.3) is 0 Å². The van der Waals surface area contributed by atoms with Gasteiger partial charge in [-0.3, -0.25) is 0 Å².